The molecule has 0 saturated heterocycles. The number of carboxylic acids is 1. The van der Waals surface area contributed by atoms with Crippen LogP contribution in [0.2, 0.25) is 0 Å². The van der Waals surface area contributed by atoms with Crippen LogP contribution in [0, 0.1) is 23.2 Å². The summed E-state index contributed by atoms with van der Waals surface area (Å²) < 4.78 is 0. The molecule has 2 fully saturated rings. The molecular formula is C22H28O4. The van der Waals surface area contributed by atoms with Crippen LogP contribution >= 0.6 is 0 Å². The topological polar surface area (TPSA) is 77.8 Å². The second kappa shape index (κ2) is 6.41. The van der Waals surface area contributed by atoms with Crippen LogP contribution in [0.1, 0.15) is 56.1 Å². The minimum Gasteiger partial charge on any atom is -0.508 e. The van der Waals surface area contributed by atoms with Gasteiger partial charge in [0.05, 0.1) is 6.10 Å². The van der Waals surface area contributed by atoms with Gasteiger partial charge in [0.15, 0.2) is 0 Å². The molecule has 0 bridgehead atoms. The van der Waals surface area contributed by atoms with Gasteiger partial charge in [0, 0.05) is 6.08 Å². The molecule has 0 heterocycles. The quantitative estimate of drug-likeness (QED) is 0.719. The fraction of sp³-hybridized carbons (Fsp3) is 0.591. The first-order valence-corrected chi connectivity index (χ1v) is 9.79. The van der Waals surface area contributed by atoms with Crippen LogP contribution < -0.4 is 0 Å². The Labute approximate surface area is 154 Å². The highest BCUT2D eigenvalue weighted by Crippen LogP contribution is 2.62. The lowest BCUT2D eigenvalue weighted by Gasteiger charge is -2.50. The lowest BCUT2D eigenvalue weighted by atomic mass is 9.55. The van der Waals surface area contributed by atoms with Gasteiger partial charge in [0.25, 0.3) is 0 Å². The molecule has 4 rings (SSSR count). The molecular weight excluding hydrogens is 328 g/mol. The number of hydrogen-bond acceptors (Lipinski definition) is 3. The molecule has 2 saturated carbocycles. The van der Waals surface area contributed by atoms with Gasteiger partial charge < -0.3 is 15.3 Å². The first kappa shape index (κ1) is 17.6. The van der Waals surface area contributed by atoms with Crippen molar-refractivity contribution in [2.24, 2.45) is 23.2 Å². The zero-order valence-electron chi connectivity index (χ0n) is 15.3. The Balaban J connectivity index is 1.58. The van der Waals surface area contributed by atoms with Gasteiger partial charge in [0.1, 0.15) is 5.75 Å². The number of carbonyl (C=O) groups is 1. The standard InChI is InChI=1S/C22H28O4/c1-22-10-9-17-16-8-6-15(23)11-13(16)5-7-18(17)19(22)12-14(21(22)26)3-2-4-20(24)25/h2,4,6,8,11,14,17-19,21,23,26H,3,5,7,9-10,12H2,1H3,(H,24,25)/b4-2+/t14-,17-,18-,19+,21+,22+/m1/s1. The maximum absolute atomic E-state index is 11.0. The highest BCUT2D eigenvalue weighted by atomic mass is 16.4. The number of aryl methyl sites for hydroxylation is 1. The number of aliphatic hydroxyl groups is 1. The van der Waals surface area contributed by atoms with E-state index in [4.69, 9.17) is 5.11 Å². The Morgan fingerprint density at radius 3 is 2.92 bits per heavy atom. The van der Waals surface area contributed by atoms with Crippen LogP contribution in [0.4, 0.5) is 0 Å². The number of benzene rings is 1. The van der Waals surface area contributed by atoms with Crippen LogP contribution in [0.25, 0.3) is 0 Å². The van der Waals surface area contributed by atoms with Crippen LogP contribution in [-0.2, 0) is 11.2 Å². The fourth-order valence-electron chi connectivity index (χ4n) is 6.29. The van der Waals surface area contributed by atoms with Crippen molar-refractivity contribution in [2.45, 2.75) is 57.5 Å². The van der Waals surface area contributed by atoms with Crippen molar-refractivity contribution in [2.75, 3.05) is 0 Å². The van der Waals surface area contributed by atoms with Crippen molar-refractivity contribution in [3.8, 4) is 5.75 Å². The number of aliphatic carboxylic acids is 1. The largest absolute Gasteiger partial charge is 0.508 e. The van der Waals surface area contributed by atoms with Gasteiger partial charge >= 0.3 is 5.97 Å². The predicted octanol–water partition coefficient (Wildman–Crippen LogP) is 3.87. The van der Waals surface area contributed by atoms with E-state index < -0.39 is 5.97 Å². The molecule has 1 aromatic rings. The number of aliphatic hydroxyl groups excluding tert-OH is 1. The van der Waals surface area contributed by atoms with Crippen LogP contribution in [0.3, 0.4) is 0 Å². The molecule has 0 aromatic heterocycles. The summed E-state index contributed by atoms with van der Waals surface area (Å²) in [5.41, 5.74) is 2.62. The second-order valence-corrected chi connectivity index (χ2v) is 8.76. The van der Waals surface area contributed by atoms with Crippen LogP contribution in [-0.4, -0.2) is 27.4 Å². The van der Waals surface area contributed by atoms with E-state index in [1.807, 2.05) is 6.07 Å². The number of carboxylic acid groups (broad SMARTS) is 1. The Morgan fingerprint density at radius 2 is 2.15 bits per heavy atom. The van der Waals surface area contributed by atoms with E-state index in [-0.39, 0.29) is 17.4 Å². The Kier molecular flexibility index (Phi) is 4.34. The van der Waals surface area contributed by atoms with Crippen molar-refractivity contribution >= 4 is 5.97 Å². The lowest BCUT2D eigenvalue weighted by Crippen LogP contribution is -2.44. The van der Waals surface area contributed by atoms with Gasteiger partial charge in [-0.2, -0.15) is 0 Å². The number of phenols is 1. The smallest absolute Gasteiger partial charge is 0.327 e. The third-order valence-electron chi connectivity index (χ3n) is 7.53. The SMILES string of the molecule is C[C@]12CC[C@@H]3c4ccc(O)cc4CC[C@H]3[C@@H]1C[C@@H](C/C=C/C(=O)O)[C@@H]2O. The van der Waals surface area contributed by atoms with E-state index in [0.29, 0.717) is 29.9 Å². The summed E-state index contributed by atoms with van der Waals surface area (Å²) in [5, 5.41) is 29.6. The Morgan fingerprint density at radius 1 is 1.35 bits per heavy atom. The van der Waals surface area contributed by atoms with Gasteiger partial charge in [0.2, 0.25) is 0 Å². The lowest BCUT2D eigenvalue weighted by molar-refractivity contribution is -0.131. The summed E-state index contributed by atoms with van der Waals surface area (Å²) in [6.07, 6.45) is 8.38. The molecule has 3 aliphatic rings. The molecule has 3 N–H and O–H groups in total. The third-order valence-corrected chi connectivity index (χ3v) is 7.53. The summed E-state index contributed by atoms with van der Waals surface area (Å²) in [6, 6.07) is 5.82. The third kappa shape index (κ3) is 2.75. The number of hydrogen-bond donors (Lipinski definition) is 3. The van der Waals surface area contributed by atoms with E-state index in [2.05, 4.69) is 13.0 Å². The van der Waals surface area contributed by atoms with E-state index in [0.717, 1.165) is 32.1 Å². The minimum absolute atomic E-state index is 0.0582. The van der Waals surface area contributed by atoms with Crippen molar-refractivity contribution in [1.29, 1.82) is 0 Å². The van der Waals surface area contributed by atoms with Gasteiger partial charge in [-0.05, 0) is 90.9 Å². The van der Waals surface area contributed by atoms with Crippen molar-refractivity contribution in [3.63, 3.8) is 0 Å². The van der Waals surface area contributed by atoms with Gasteiger partial charge in [-0.15, -0.1) is 0 Å². The molecule has 4 heteroatoms. The van der Waals surface area contributed by atoms with E-state index in [9.17, 15) is 15.0 Å². The Bertz CT molecular complexity index is 740. The summed E-state index contributed by atoms with van der Waals surface area (Å²) in [6.45, 7) is 2.24. The van der Waals surface area contributed by atoms with Crippen molar-refractivity contribution in [3.05, 3.63) is 41.5 Å². The summed E-state index contributed by atoms with van der Waals surface area (Å²) in [7, 11) is 0. The zero-order valence-corrected chi connectivity index (χ0v) is 15.3. The monoisotopic (exact) mass is 356 g/mol. The number of phenolic OH excluding ortho intramolecular Hbond substituents is 1. The normalized spacial score (nSPS) is 38.6. The van der Waals surface area contributed by atoms with E-state index in [1.54, 1.807) is 12.1 Å². The highest BCUT2D eigenvalue weighted by molar-refractivity contribution is 5.79. The first-order valence-electron chi connectivity index (χ1n) is 9.79. The second-order valence-electron chi connectivity index (χ2n) is 8.76. The minimum atomic E-state index is -0.923. The zero-order chi connectivity index (χ0) is 18.5. The molecule has 26 heavy (non-hydrogen) atoms. The predicted molar refractivity (Wildman–Crippen MR) is 99.0 cm³/mol. The molecule has 140 valence electrons. The average molecular weight is 356 g/mol. The number of allylic oxidation sites excluding steroid dienone is 1. The van der Waals surface area contributed by atoms with Gasteiger partial charge in [-0.3, -0.25) is 0 Å². The van der Waals surface area contributed by atoms with Crippen LogP contribution in [0.5, 0.6) is 5.75 Å². The molecule has 0 unspecified atom stereocenters. The maximum atomic E-state index is 11.0. The molecule has 1 aromatic carbocycles. The van der Waals surface area contributed by atoms with Gasteiger partial charge in [-0.25, -0.2) is 4.79 Å². The first-order chi connectivity index (χ1) is 12.4. The summed E-state index contributed by atoms with van der Waals surface area (Å²) in [4.78, 5) is 10.7. The van der Waals surface area contributed by atoms with E-state index >= 15 is 0 Å². The molecule has 0 aliphatic heterocycles. The Hall–Kier alpha value is -1.81. The molecule has 0 spiro atoms. The highest BCUT2D eigenvalue weighted by Gasteiger charge is 2.57. The number of aromatic hydroxyl groups is 1. The molecule has 4 nitrogen and oxygen atoms in total. The fourth-order valence-corrected chi connectivity index (χ4v) is 6.29. The average Bonchev–Trinajstić information content (AvgIpc) is 2.86. The van der Waals surface area contributed by atoms with Gasteiger partial charge in [-0.1, -0.05) is 19.1 Å². The van der Waals surface area contributed by atoms with Crippen molar-refractivity contribution < 1.29 is 20.1 Å². The maximum Gasteiger partial charge on any atom is 0.327 e. The van der Waals surface area contributed by atoms with Crippen molar-refractivity contribution in [1.82, 2.24) is 0 Å². The summed E-state index contributed by atoms with van der Waals surface area (Å²) >= 11 is 0. The van der Waals surface area contributed by atoms with E-state index in [1.165, 1.54) is 17.2 Å². The molecule has 6 atom stereocenters. The molecule has 3 aliphatic carbocycles. The van der Waals surface area contributed by atoms with Crippen LogP contribution in [0.15, 0.2) is 30.4 Å². The molecule has 0 amide bonds. The number of rotatable bonds is 3. The molecule has 0 radical (unpaired) electrons. The summed E-state index contributed by atoms with van der Waals surface area (Å²) in [5.74, 6) is 1.17. The number of fused-ring (bicyclic) bond motifs is 5.